The highest BCUT2D eigenvalue weighted by atomic mass is 32.2. The normalized spacial score (nSPS) is 20.5. The van der Waals surface area contributed by atoms with E-state index >= 15 is 0 Å². The predicted octanol–water partition coefficient (Wildman–Crippen LogP) is 3.47. The number of halogens is 3. The van der Waals surface area contributed by atoms with Gasteiger partial charge in [-0.2, -0.15) is 13.2 Å². The van der Waals surface area contributed by atoms with E-state index in [0.29, 0.717) is 19.3 Å². The Kier molecular flexibility index (Phi) is 9.01. The van der Waals surface area contributed by atoms with Crippen molar-refractivity contribution in [3.8, 4) is 0 Å². The van der Waals surface area contributed by atoms with Crippen LogP contribution in [0.4, 0.5) is 13.2 Å². The lowest BCUT2D eigenvalue weighted by atomic mass is 9.82. The lowest BCUT2D eigenvalue weighted by Gasteiger charge is -2.38. The van der Waals surface area contributed by atoms with Gasteiger partial charge >= 0.3 is 6.18 Å². The monoisotopic (exact) mass is 539 g/mol. The Morgan fingerprint density at radius 2 is 1.73 bits per heavy atom. The van der Waals surface area contributed by atoms with Gasteiger partial charge in [0.2, 0.25) is 11.8 Å². The quantitative estimate of drug-likeness (QED) is 0.451. The summed E-state index contributed by atoms with van der Waals surface area (Å²) in [5.74, 6) is -2.20. The highest BCUT2D eigenvalue weighted by Crippen LogP contribution is 2.34. The van der Waals surface area contributed by atoms with Gasteiger partial charge in [-0.15, -0.1) is 0 Å². The highest BCUT2D eigenvalue weighted by molar-refractivity contribution is 7.91. The maximum Gasteiger partial charge on any atom is 0.416 e. The number of hydrogen-bond donors (Lipinski definition) is 3. The molecule has 0 saturated heterocycles. The minimum absolute atomic E-state index is 0.0981. The Hall–Kier alpha value is -2.92. The van der Waals surface area contributed by atoms with Crippen LogP contribution in [-0.4, -0.2) is 44.1 Å². The van der Waals surface area contributed by atoms with E-state index < -0.39 is 51.4 Å². The molecule has 0 bridgehead atoms. The molecule has 2 amide bonds. The van der Waals surface area contributed by atoms with Gasteiger partial charge in [-0.1, -0.05) is 38.1 Å². The molecule has 2 aromatic rings. The number of alkyl halides is 3. The number of amides is 2. The largest absolute Gasteiger partial charge is 0.416 e. The second-order valence-electron chi connectivity index (χ2n) is 9.73. The molecule has 7 nitrogen and oxygen atoms in total. The zero-order valence-corrected chi connectivity index (χ0v) is 21.5. The van der Waals surface area contributed by atoms with Crippen molar-refractivity contribution >= 4 is 21.7 Å². The first-order valence-corrected chi connectivity index (χ1v) is 13.7. The molecule has 202 valence electrons. The van der Waals surface area contributed by atoms with Crippen molar-refractivity contribution in [1.29, 1.82) is 0 Å². The van der Waals surface area contributed by atoms with E-state index in [1.165, 1.54) is 12.1 Å². The van der Waals surface area contributed by atoms with E-state index in [1.807, 2.05) is 13.8 Å². The summed E-state index contributed by atoms with van der Waals surface area (Å²) in [6.45, 7) is 3.93. The topological polar surface area (TPSA) is 118 Å². The summed E-state index contributed by atoms with van der Waals surface area (Å²) < 4.78 is 66.8. The number of rotatable bonds is 9. The van der Waals surface area contributed by atoms with Crippen molar-refractivity contribution in [2.75, 3.05) is 5.75 Å². The number of hydrogen-bond acceptors (Lipinski definition) is 5. The van der Waals surface area contributed by atoms with E-state index in [-0.39, 0.29) is 34.2 Å². The third-order valence-electron chi connectivity index (χ3n) is 6.51. The van der Waals surface area contributed by atoms with Crippen molar-refractivity contribution in [3.05, 3.63) is 65.2 Å². The van der Waals surface area contributed by atoms with Crippen LogP contribution in [0, 0.1) is 5.92 Å². The average molecular weight is 540 g/mol. The maximum absolute atomic E-state index is 13.5. The molecule has 3 atom stereocenters. The van der Waals surface area contributed by atoms with Crippen molar-refractivity contribution in [2.45, 2.75) is 68.7 Å². The first-order chi connectivity index (χ1) is 17.3. The molecule has 4 N–H and O–H groups in total. The molecule has 3 rings (SSSR count). The van der Waals surface area contributed by atoms with Gasteiger partial charge in [-0.25, -0.2) is 8.42 Å². The van der Waals surface area contributed by atoms with Crippen LogP contribution < -0.4 is 16.4 Å². The molecule has 0 aliphatic heterocycles. The van der Waals surface area contributed by atoms with Crippen LogP contribution in [0.15, 0.2) is 53.4 Å². The number of primary amides is 1. The van der Waals surface area contributed by atoms with Gasteiger partial charge in [-0.3, -0.25) is 9.59 Å². The van der Waals surface area contributed by atoms with Crippen LogP contribution >= 0.6 is 0 Å². The number of nitrogens with one attached hydrogen (secondary N) is 2. The Bertz CT molecular complexity index is 1220. The smallest absolute Gasteiger partial charge is 0.366 e. The summed E-state index contributed by atoms with van der Waals surface area (Å²) in [5, 5.41) is 6.17. The van der Waals surface area contributed by atoms with Gasteiger partial charge < -0.3 is 16.4 Å². The molecule has 1 aliphatic rings. The van der Waals surface area contributed by atoms with Crippen LogP contribution in [0.25, 0.3) is 0 Å². The molecule has 0 spiro atoms. The van der Waals surface area contributed by atoms with Crippen LogP contribution in [0.3, 0.4) is 0 Å². The zero-order chi connectivity index (χ0) is 27.4. The lowest BCUT2D eigenvalue weighted by molar-refractivity contribution is -0.138. The second-order valence-corrected chi connectivity index (χ2v) is 11.8. The minimum atomic E-state index is -4.77. The van der Waals surface area contributed by atoms with Crippen LogP contribution in [-0.2, 0) is 27.2 Å². The van der Waals surface area contributed by atoms with Crippen LogP contribution in [0.5, 0.6) is 0 Å². The highest BCUT2D eigenvalue weighted by Gasteiger charge is 2.37. The summed E-state index contributed by atoms with van der Waals surface area (Å²) in [6.07, 6.45) is -3.99. The molecule has 1 saturated carbocycles. The molecule has 0 aromatic heterocycles. The Morgan fingerprint density at radius 1 is 1.05 bits per heavy atom. The van der Waals surface area contributed by atoms with E-state index in [0.717, 1.165) is 18.2 Å². The van der Waals surface area contributed by atoms with E-state index in [9.17, 15) is 31.2 Å². The summed E-state index contributed by atoms with van der Waals surface area (Å²) in [4.78, 5) is 24.8. The van der Waals surface area contributed by atoms with Gasteiger partial charge in [0.15, 0.2) is 9.84 Å². The maximum atomic E-state index is 13.5. The molecule has 0 heterocycles. The standard InChI is InChI=1S/C26H32F3N3O4S/c1-16(2)31-23-12-11-18(13-17(23)15-37(35,36)19-7-4-3-5-8-19)32-24(33)14-21-20(25(30)34)9-6-10-22(21)26(27,28)29/h3-10,16-18,23,31H,11-15H2,1-2H3,(H2,30,34)(H,32,33). The zero-order valence-electron chi connectivity index (χ0n) is 20.7. The molecule has 1 aliphatic carbocycles. The SMILES string of the molecule is CC(C)NC1CCC(NC(=O)Cc2c(C(N)=O)cccc2C(F)(F)F)CC1CS(=O)(=O)c1ccccc1. The fourth-order valence-electron chi connectivity index (χ4n) is 4.95. The van der Waals surface area contributed by atoms with Crippen LogP contribution in [0.1, 0.15) is 54.6 Å². The van der Waals surface area contributed by atoms with Gasteiger partial charge in [0.05, 0.1) is 22.6 Å². The third kappa shape index (κ3) is 7.54. The third-order valence-corrected chi connectivity index (χ3v) is 8.37. The number of sulfone groups is 1. The summed E-state index contributed by atoms with van der Waals surface area (Å²) in [7, 11) is -3.60. The molecule has 3 unspecified atom stereocenters. The Labute approximate surface area is 214 Å². The summed E-state index contributed by atoms with van der Waals surface area (Å²) >= 11 is 0. The molecule has 1 fully saturated rings. The first kappa shape index (κ1) is 28.6. The Morgan fingerprint density at radius 3 is 2.32 bits per heavy atom. The van der Waals surface area contributed by atoms with Gasteiger partial charge in [0, 0.05) is 23.7 Å². The Balaban J connectivity index is 1.78. The van der Waals surface area contributed by atoms with Gasteiger partial charge in [-0.05, 0) is 55.0 Å². The molecule has 37 heavy (non-hydrogen) atoms. The first-order valence-electron chi connectivity index (χ1n) is 12.1. The molecular formula is C26H32F3N3O4S. The van der Waals surface area contributed by atoms with E-state index in [2.05, 4.69) is 10.6 Å². The predicted molar refractivity (Wildman–Crippen MR) is 133 cm³/mol. The number of nitrogens with two attached hydrogens (primary N) is 1. The average Bonchev–Trinajstić information content (AvgIpc) is 2.80. The summed E-state index contributed by atoms with van der Waals surface area (Å²) in [6, 6.07) is 10.7. The van der Waals surface area contributed by atoms with Crippen molar-refractivity contribution < 1.29 is 31.2 Å². The molecule has 0 radical (unpaired) electrons. The number of carbonyl (C=O) groups is 2. The molecule has 11 heteroatoms. The van der Waals surface area contributed by atoms with E-state index in [4.69, 9.17) is 5.73 Å². The molecule has 2 aromatic carbocycles. The van der Waals surface area contributed by atoms with Gasteiger partial charge in [0.25, 0.3) is 0 Å². The second kappa shape index (κ2) is 11.6. The fraction of sp³-hybridized carbons (Fsp3) is 0.462. The minimum Gasteiger partial charge on any atom is -0.366 e. The lowest BCUT2D eigenvalue weighted by Crippen LogP contribution is -2.51. The van der Waals surface area contributed by atoms with Crippen molar-refractivity contribution in [3.63, 3.8) is 0 Å². The van der Waals surface area contributed by atoms with E-state index in [1.54, 1.807) is 18.2 Å². The number of carbonyl (C=O) groups excluding carboxylic acids is 2. The summed E-state index contributed by atoms with van der Waals surface area (Å²) in [5.41, 5.74) is 3.34. The molecular weight excluding hydrogens is 507 g/mol. The number of benzene rings is 2. The van der Waals surface area contributed by atoms with Crippen LogP contribution in [0.2, 0.25) is 0 Å². The van der Waals surface area contributed by atoms with Gasteiger partial charge in [0.1, 0.15) is 0 Å². The van der Waals surface area contributed by atoms with Crippen molar-refractivity contribution in [2.24, 2.45) is 11.7 Å². The fourth-order valence-corrected chi connectivity index (χ4v) is 6.64. The van der Waals surface area contributed by atoms with Crippen molar-refractivity contribution in [1.82, 2.24) is 10.6 Å².